The lowest BCUT2D eigenvalue weighted by molar-refractivity contribution is -0.136. The summed E-state index contributed by atoms with van der Waals surface area (Å²) in [6, 6.07) is 5.64. The van der Waals surface area contributed by atoms with Crippen LogP contribution in [0.3, 0.4) is 0 Å². The molecule has 1 saturated heterocycles. The van der Waals surface area contributed by atoms with Crippen molar-refractivity contribution in [2.45, 2.75) is 25.4 Å². The van der Waals surface area contributed by atoms with Crippen molar-refractivity contribution in [2.24, 2.45) is 0 Å². The Kier molecular flexibility index (Phi) is 4.96. The highest BCUT2D eigenvalue weighted by Crippen LogP contribution is 2.32. The average Bonchev–Trinajstić information content (AvgIpc) is 2.90. The Bertz CT molecular complexity index is 441. The van der Waals surface area contributed by atoms with Crippen molar-refractivity contribution in [1.29, 1.82) is 0 Å². The zero-order chi connectivity index (χ0) is 13.7. The molecule has 0 aliphatic carbocycles. The predicted octanol–water partition coefficient (Wildman–Crippen LogP) is 2.60. The van der Waals surface area contributed by atoms with Gasteiger partial charge in [0.15, 0.2) is 11.5 Å². The minimum atomic E-state index is -0.790. The molecule has 104 valence electrons. The molecule has 0 aromatic heterocycles. The van der Waals surface area contributed by atoms with Crippen LogP contribution in [0.25, 0.3) is 0 Å². The van der Waals surface area contributed by atoms with Crippen molar-refractivity contribution in [3.05, 3.63) is 23.8 Å². The molecule has 1 heterocycles. The summed E-state index contributed by atoms with van der Waals surface area (Å²) in [5.41, 5.74) is 0.951. The van der Waals surface area contributed by atoms with Crippen molar-refractivity contribution in [1.82, 2.24) is 0 Å². The maximum atomic E-state index is 10.6. The van der Waals surface area contributed by atoms with Crippen LogP contribution in [-0.4, -0.2) is 35.8 Å². The zero-order valence-electron chi connectivity index (χ0n) is 10.9. The largest absolute Gasteiger partial charge is 0.493 e. The van der Waals surface area contributed by atoms with Crippen LogP contribution in [-0.2, 0) is 11.2 Å². The highest BCUT2D eigenvalue weighted by molar-refractivity contribution is 7.99. The lowest BCUT2D eigenvalue weighted by Gasteiger charge is -2.16. The molecule has 0 amide bonds. The molecule has 1 aliphatic rings. The van der Waals surface area contributed by atoms with Gasteiger partial charge in [0.1, 0.15) is 6.10 Å². The van der Waals surface area contributed by atoms with Crippen LogP contribution in [0.1, 0.15) is 18.4 Å². The van der Waals surface area contributed by atoms with E-state index >= 15 is 0 Å². The van der Waals surface area contributed by atoms with Crippen LogP contribution in [0, 0.1) is 0 Å². The summed E-state index contributed by atoms with van der Waals surface area (Å²) in [4.78, 5) is 10.6. The van der Waals surface area contributed by atoms with Crippen LogP contribution in [0.5, 0.6) is 11.5 Å². The molecular formula is C14H18O4S. The van der Waals surface area contributed by atoms with E-state index in [1.807, 2.05) is 30.0 Å². The second-order valence-corrected chi connectivity index (χ2v) is 5.63. The monoisotopic (exact) mass is 282 g/mol. The summed E-state index contributed by atoms with van der Waals surface area (Å²) in [7, 11) is 1.60. The maximum Gasteiger partial charge on any atom is 0.303 e. The number of ether oxygens (including phenoxy) is 2. The minimum Gasteiger partial charge on any atom is -0.493 e. The number of hydrogen-bond acceptors (Lipinski definition) is 4. The summed E-state index contributed by atoms with van der Waals surface area (Å²) in [6.45, 7) is 0. The molecule has 1 atom stereocenters. The van der Waals surface area contributed by atoms with E-state index in [-0.39, 0.29) is 12.5 Å². The number of thioether (sulfide) groups is 1. The first-order chi connectivity index (χ1) is 9.19. The van der Waals surface area contributed by atoms with Gasteiger partial charge in [-0.15, -0.1) is 0 Å². The van der Waals surface area contributed by atoms with E-state index in [4.69, 9.17) is 14.6 Å². The number of aryl methyl sites for hydroxylation is 1. The van der Waals surface area contributed by atoms with Crippen molar-refractivity contribution in [2.75, 3.05) is 18.6 Å². The Morgan fingerprint density at radius 2 is 2.32 bits per heavy atom. The lowest BCUT2D eigenvalue weighted by atomic mass is 10.1. The summed E-state index contributed by atoms with van der Waals surface area (Å²) >= 11 is 1.90. The highest BCUT2D eigenvalue weighted by Gasteiger charge is 2.18. The van der Waals surface area contributed by atoms with E-state index in [0.717, 1.165) is 29.2 Å². The van der Waals surface area contributed by atoms with Crippen LogP contribution in [0.4, 0.5) is 0 Å². The van der Waals surface area contributed by atoms with E-state index in [2.05, 4.69) is 0 Å². The number of carboxylic acid groups (broad SMARTS) is 1. The Hall–Kier alpha value is -1.36. The topological polar surface area (TPSA) is 55.8 Å². The van der Waals surface area contributed by atoms with E-state index in [9.17, 15) is 4.79 Å². The van der Waals surface area contributed by atoms with Gasteiger partial charge in [-0.2, -0.15) is 11.8 Å². The molecular weight excluding hydrogens is 264 g/mol. The fraction of sp³-hybridized carbons (Fsp3) is 0.500. The van der Waals surface area contributed by atoms with E-state index in [1.165, 1.54) is 0 Å². The van der Waals surface area contributed by atoms with Gasteiger partial charge in [0.2, 0.25) is 0 Å². The van der Waals surface area contributed by atoms with Crippen LogP contribution in [0.2, 0.25) is 0 Å². The number of rotatable bonds is 6. The molecule has 5 heteroatoms. The Labute approximate surface area is 117 Å². The highest BCUT2D eigenvalue weighted by atomic mass is 32.2. The molecule has 1 unspecified atom stereocenters. The third kappa shape index (κ3) is 4.06. The van der Waals surface area contributed by atoms with Gasteiger partial charge in [-0.1, -0.05) is 6.07 Å². The zero-order valence-corrected chi connectivity index (χ0v) is 11.7. The molecule has 0 spiro atoms. The van der Waals surface area contributed by atoms with Gasteiger partial charge in [0, 0.05) is 12.2 Å². The molecule has 19 heavy (non-hydrogen) atoms. The Morgan fingerprint density at radius 3 is 2.95 bits per heavy atom. The van der Waals surface area contributed by atoms with E-state index < -0.39 is 5.97 Å². The number of benzene rings is 1. The first-order valence-corrected chi connectivity index (χ1v) is 7.47. The number of aliphatic carboxylic acids is 1. The molecule has 0 bridgehead atoms. The normalized spacial score (nSPS) is 18.3. The third-order valence-corrected chi connectivity index (χ3v) is 4.17. The van der Waals surface area contributed by atoms with Gasteiger partial charge in [-0.05, 0) is 36.3 Å². The molecule has 1 N–H and O–H groups in total. The van der Waals surface area contributed by atoms with Gasteiger partial charge in [-0.3, -0.25) is 4.79 Å². The van der Waals surface area contributed by atoms with Gasteiger partial charge in [0.25, 0.3) is 0 Å². The van der Waals surface area contributed by atoms with Crippen molar-refractivity contribution in [3.8, 4) is 11.5 Å². The van der Waals surface area contributed by atoms with Crippen LogP contribution >= 0.6 is 11.8 Å². The predicted molar refractivity (Wildman–Crippen MR) is 75.3 cm³/mol. The second-order valence-electron chi connectivity index (χ2n) is 4.48. The third-order valence-electron chi connectivity index (χ3n) is 3.04. The molecule has 4 nitrogen and oxygen atoms in total. The Balaban J connectivity index is 2.04. The van der Waals surface area contributed by atoms with Gasteiger partial charge < -0.3 is 14.6 Å². The first-order valence-electron chi connectivity index (χ1n) is 6.32. The summed E-state index contributed by atoms with van der Waals surface area (Å²) in [5.74, 6) is 2.80. The average molecular weight is 282 g/mol. The minimum absolute atomic E-state index is 0.128. The van der Waals surface area contributed by atoms with Crippen molar-refractivity contribution in [3.63, 3.8) is 0 Å². The molecule has 1 aromatic carbocycles. The molecule has 1 aromatic rings. The van der Waals surface area contributed by atoms with E-state index in [0.29, 0.717) is 12.2 Å². The fourth-order valence-corrected chi connectivity index (χ4v) is 3.10. The fourth-order valence-electron chi connectivity index (χ4n) is 2.00. The first kappa shape index (κ1) is 14.1. The molecule has 0 radical (unpaired) electrons. The SMILES string of the molecule is COc1cc(CCC(=O)O)ccc1OC1CCSC1. The standard InChI is InChI=1S/C14H18O4S/c1-17-13-8-10(3-5-14(15)16)2-4-12(13)18-11-6-7-19-9-11/h2,4,8,11H,3,5-7,9H2,1H3,(H,15,16). The summed E-state index contributed by atoms with van der Waals surface area (Å²) < 4.78 is 11.2. The van der Waals surface area contributed by atoms with Crippen LogP contribution < -0.4 is 9.47 Å². The van der Waals surface area contributed by atoms with Crippen molar-refractivity contribution >= 4 is 17.7 Å². The lowest BCUT2D eigenvalue weighted by Crippen LogP contribution is -2.15. The summed E-state index contributed by atoms with van der Waals surface area (Å²) in [5, 5.41) is 8.69. The van der Waals surface area contributed by atoms with Crippen LogP contribution in [0.15, 0.2) is 18.2 Å². The van der Waals surface area contributed by atoms with Crippen molar-refractivity contribution < 1.29 is 19.4 Å². The van der Waals surface area contributed by atoms with Gasteiger partial charge in [-0.25, -0.2) is 0 Å². The Morgan fingerprint density at radius 1 is 1.47 bits per heavy atom. The number of carboxylic acids is 1. The van der Waals surface area contributed by atoms with E-state index in [1.54, 1.807) is 7.11 Å². The quantitative estimate of drug-likeness (QED) is 0.869. The smallest absolute Gasteiger partial charge is 0.303 e. The van der Waals surface area contributed by atoms with Gasteiger partial charge >= 0.3 is 5.97 Å². The number of carbonyl (C=O) groups is 1. The second kappa shape index (κ2) is 6.70. The molecule has 0 saturated carbocycles. The summed E-state index contributed by atoms with van der Waals surface area (Å²) in [6.07, 6.45) is 1.95. The number of methoxy groups -OCH3 is 1. The maximum absolute atomic E-state index is 10.6. The molecule has 2 rings (SSSR count). The molecule has 1 aliphatic heterocycles. The molecule has 1 fully saturated rings. The number of hydrogen-bond donors (Lipinski definition) is 1. The van der Waals surface area contributed by atoms with Gasteiger partial charge in [0.05, 0.1) is 7.11 Å².